The number of carbonyl (C=O) groups excluding carboxylic acids is 1. The summed E-state index contributed by atoms with van der Waals surface area (Å²) in [5.41, 5.74) is 2.46. The van der Waals surface area contributed by atoms with E-state index >= 15 is 0 Å². The monoisotopic (exact) mass is 634 g/mol. The van der Waals surface area contributed by atoms with Crippen molar-refractivity contribution in [2.24, 2.45) is 5.92 Å². The molecule has 1 aliphatic heterocycles. The van der Waals surface area contributed by atoms with Gasteiger partial charge in [-0.2, -0.15) is 0 Å². The lowest BCUT2D eigenvalue weighted by molar-refractivity contribution is -0.139. The number of hydrogen-bond acceptors (Lipinski definition) is 5. The average molecular weight is 635 g/mol. The summed E-state index contributed by atoms with van der Waals surface area (Å²) in [5.74, 6) is -0.965. The van der Waals surface area contributed by atoms with Crippen LogP contribution in [0.1, 0.15) is 41.6 Å². The minimum Gasteiger partial charge on any atom is -0.395 e. The summed E-state index contributed by atoms with van der Waals surface area (Å²) < 4.78 is 2.88. The van der Waals surface area contributed by atoms with Crippen molar-refractivity contribution in [2.75, 3.05) is 11.5 Å². The van der Waals surface area contributed by atoms with Gasteiger partial charge in [-0.15, -0.1) is 5.10 Å². The molecule has 0 saturated carbocycles. The number of hydrogen-bond donors (Lipinski definition) is 2. The van der Waals surface area contributed by atoms with Crippen molar-refractivity contribution in [3.05, 3.63) is 123 Å². The first-order valence-electron chi connectivity index (χ1n) is 13.0. The normalized spacial score (nSPS) is 18.5. The largest absolute Gasteiger partial charge is 0.395 e. The number of aliphatic hydroxyl groups excluding tert-OH is 1. The first-order chi connectivity index (χ1) is 18.9. The van der Waals surface area contributed by atoms with Gasteiger partial charge < -0.3 is 15.1 Å². The number of aromatic nitrogens is 3. The zero-order valence-corrected chi connectivity index (χ0v) is 23.8. The molecule has 2 N–H and O–H groups in total. The third kappa shape index (κ3) is 5.54. The van der Waals surface area contributed by atoms with Crippen LogP contribution < -0.4 is 4.90 Å². The van der Waals surface area contributed by atoms with Crippen LogP contribution in [0.25, 0.3) is 0 Å². The smallest absolute Gasteiger partial charge is 0.264 e. The Kier molecular flexibility index (Phi) is 8.25. The van der Waals surface area contributed by atoms with Crippen molar-refractivity contribution in [3.63, 3.8) is 0 Å². The van der Waals surface area contributed by atoms with Gasteiger partial charge in [-0.1, -0.05) is 85.0 Å². The molecular weight excluding hydrogens is 603 g/mol. The molecule has 0 bridgehead atoms. The van der Waals surface area contributed by atoms with Gasteiger partial charge in [-0.25, -0.2) is 0 Å². The van der Waals surface area contributed by atoms with Crippen LogP contribution in [-0.2, 0) is 23.5 Å². The van der Waals surface area contributed by atoms with Gasteiger partial charge >= 0.3 is 0 Å². The fourth-order valence-electron chi connectivity index (χ4n) is 5.11. The molecule has 1 unspecified atom stereocenters. The summed E-state index contributed by atoms with van der Waals surface area (Å²) in [4.78, 5) is 15.3. The molecule has 2 heterocycles. The molecule has 1 aliphatic rings. The van der Waals surface area contributed by atoms with Gasteiger partial charge in [0, 0.05) is 27.8 Å². The lowest BCUT2D eigenvalue weighted by Crippen LogP contribution is -2.44. The maximum absolute atomic E-state index is 13.7. The molecule has 0 spiro atoms. The minimum atomic E-state index is -1.64. The molecule has 3 aromatic carbocycles. The fraction of sp³-hybridized carbons (Fsp3) is 0.258. The third-order valence-electron chi connectivity index (χ3n) is 7.34. The van der Waals surface area contributed by atoms with Crippen LogP contribution in [0.2, 0.25) is 0 Å². The first kappa shape index (κ1) is 27.2. The molecule has 0 radical (unpaired) electrons. The van der Waals surface area contributed by atoms with E-state index in [0.29, 0.717) is 25.1 Å². The molecule has 4 aromatic rings. The van der Waals surface area contributed by atoms with Crippen LogP contribution >= 0.6 is 22.6 Å². The van der Waals surface area contributed by atoms with Gasteiger partial charge in [0.25, 0.3) is 5.91 Å². The summed E-state index contributed by atoms with van der Waals surface area (Å²) in [5, 5.41) is 30.2. The Morgan fingerprint density at radius 3 is 2.49 bits per heavy atom. The topological polar surface area (TPSA) is 91.5 Å². The van der Waals surface area contributed by atoms with Crippen LogP contribution in [-0.4, -0.2) is 37.7 Å². The van der Waals surface area contributed by atoms with Gasteiger partial charge in [0.15, 0.2) is 5.60 Å². The number of allylic oxidation sites excluding steroid dienone is 1. The number of rotatable bonds is 10. The second-order valence-electron chi connectivity index (χ2n) is 9.86. The van der Waals surface area contributed by atoms with E-state index in [2.05, 4.69) is 32.9 Å². The lowest BCUT2D eigenvalue weighted by atomic mass is 9.83. The molecule has 7 nitrogen and oxygen atoms in total. The number of aliphatic hydroxyl groups is 2. The van der Waals surface area contributed by atoms with Crippen LogP contribution in [0.3, 0.4) is 0 Å². The SMILES string of the molecule is C[C@@H](/C=C/CCn1cc(C(CO)c2ccccc2)nn1)[C@]1(O)C(=O)N(Cc2ccc(I)cc2)c2ccccc21. The van der Waals surface area contributed by atoms with E-state index in [1.165, 1.54) is 0 Å². The van der Waals surface area contributed by atoms with Crippen molar-refractivity contribution in [2.45, 2.75) is 38.0 Å². The Balaban J connectivity index is 1.26. The molecular formula is C31H31IN4O3. The average Bonchev–Trinajstić information content (AvgIpc) is 3.51. The van der Waals surface area contributed by atoms with E-state index in [0.717, 1.165) is 26.1 Å². The third-order valence-corrected chi connectivity index (χ3v) is 8.06. The predicted octanol–water partition coefficient (Wildman–Crippen LogP) is 5.02. The minimum absolute atomic E-state index is 0.0468. The first-order valence-corrected chi connectivity index (χ1v) is 14.1. The Morgan fingerprint density at radius 1 is 1.03 bits per heavy atom. The van der Waals surface area contributed by atoms with E-state index < -0.39 is 11.5 Å². The molecule has 5 rings (SSSR count). The number of benzene rings is 3. The van der Waals surface area contributed by atoms with Crippen LogP contribution in [0, 0.1) is 9.49 Å². The zero-order valence-electron chi connectivity index (χ0n) is 21.7. The zero-order chi connectivity index (χ0) is 27.4. The second-order valence-corrected chi connectivity index (χ2v) is 11.1. The van der Waals surface area contributed by atoms with Gasteiger partial charge in [-0.05, 0) is 58.3 Å². The Labute approximate surface area is 241 Å². The molecule has 1 amide bonds. The van der Waals surface area contributed by atoms with Crippen molar-refractivity contribution in [1.29, 1.82) is 0 Å². The molecule has 0 fully saturated rings. The lowest BCUT2D eigenvalue weighted by Gasteiger charge is -2.27. The highest BCUT2D eigenvalue weighted by Crippen LogP contribution is 2.45. The maximum atomic E-state index is 13.7. The van der Waals surface area contributed by atoms with Crippen LogP contribution in [0.4, 0.5) is 5.69 Å². The Morgan fingerprint density at radius 2 is 1.74 bits per heavy atom. The summed E-state index contributed by atoms with van der Waals surface area (Å²) in [6.07, 6.45) is 6.39. The summed E-state index contributed by atoms with van der Waals surface area (Å²) in [6.45, 7) is 2.82. The van der Waals surface area contributed by atoms with Crippen molar-refractivity contribution < 1.29 is 15.0 Å². The Hall–Kier alpha value is -3.34. The van der Waals surface area contributed by atoms with E-state index in [1.807, 2.05) is 104 Å². The van der Waals surface area contributed by atoms with E-state index in [-0.39, 0.29) is 18.4 Å². The summed E-state index contributed by atoms with van der Waals surface area (Å²) >= 11 is 2.26. The van der Waals surface area contributed by atoms with Crippen molar-refractivity contribution in [1.82, 2.24) is 15.0 Å². The van der Waals surface area contributed by atoms with Gasteiger partial charge in [0.1, 0.15) is 0 Å². The molecule has 200 valence electrons. The molecule has 0 aliphatic carbocycles. The molecule has 1 aromatic heterocycles. The Bertz CT molecular complexity index is 1450. The molecule has 39 heavy (non-hydrogen) atoms. The highest BCUT2D eigenvalue weighted by atomic mass is 127. The van der Waals surface area contributed by atoms with Crippen LogP contribution in [0.5, 0.6) is 0 Å². The van der Waals surface area contributed by atoms with Gasteiger partial charge in [0.2, 0.25) is 0 Å². The van der Waals surface area contributed by atoms with E-state index in [9.17, 15) is 15.0 Å². The van der Waals surface area contributed by atoms with Crippen molar-refractivity contribution >= 4 is 34.2 Å². The van der Waals surface area contributed by atoms with Gasteiger partial charge in [0.05, 0.1) is 30.5 Å². The number of nitrogens with zero attached hydrogens (tertiary/aromatic N) is 4. The summed E-state index contributed by atoms with van der Waals surface area (Å²) in [7, 11) is 0. The van der Waals surface area contributed by atoms with Gasteiger partial charge in [-0.3, -0.25) is 9.48 Å². The van der Waals surface area contributed by atoms with E-state index in [1.54, 1.807) is 9.58 Å². The number of para-hydroxylation sites is 1. The predicted molar refractivity (Wildman–Crippen MR) is 159 cm³/mol. The highest BCUT2D eigenvalue weighted by molar-refractivity contribution is 14.1. The maximum Gasteiger partial charge on any atom is 0.264 e. The number of carbonyl (C=O) groups is 1. The number of aryl methyl sites for hydroxylation is 1. The quantitative estimate of drug-likeness (QED) is 0.189. The molecule has 3 atom stereocenters. The van der Waals surface area contributed by atoms with Crippen molar-refractivity contribution in [3.8, 4) is 0 Å². The van der Waals surface area contributed by atoms with Crippen LogP contribution in [0.15, 0.2) is 97.2 Å². The van der Waals surface area contributed by atoms with E-state index in [4.69, 9.17) is 0 Å². The second kappa shape index (κ2) is 11.8. The number of anilines is 1. The highest BCUT2D eigenvalue weighted by Gasteiger charge is 2.52. The number of halogens is 1. The molecule has 0 saturated heterocycles. The standard InChI is InChI=1S/C31H31IN4O3/c1-22(9-7-8-18-35-20-28(33-34-35)26(21-37)24-10-3-2-4-11-24)31(39)27-12-5-6-13-29(27)36(30(31)38)19-23-14-16-25(32)17-15-23/h2-7,9-17,20,22,26,37,39H,8,18-19,21H2,1H3/b9-7+/t22-,26?,31+/m0/s1. The molecule has 8 heteroatoms. The summed E-state index contributed by atoms with van der Waals surface area (Å²) in [6, 6.07) is 25.3. The number of amides is 1. The number of fused-ring (bicyclic) bond motifs is 1. The fourth-order valence-corrected chi connectivity index (χ4v) is 5.47.